The summed E-state index contributed by atoms with van der Waals surface area (Å²) in [4.78, 5) is 23.7. The molecule has 2 aromatic carbocycles. The van der Waals surface area contributed by atoms with Crippen LogP contribution in [0.15, 0.2) is 48.5 Å². The molecule has 1 aliphatic carbocycles. The van der Waals surface area contributed by atoms with Gasteiger partial charge >= 0.3 is 6.03 Å². The minimum Gasteiger partial charge on any atom is -0.338 e. The number of anilines is 1. The van der Waals surface area contributed by atoms with Crippen molar-refractivity contribution >= 4 is 29.2 Å². The van der Waals surface area contributed by atoms with E-state index in [-0.39, 0.29) is 17.9 Å². The molecular formula is C20H22ClN3O2. The number of amides is 3. The molecule has 0 atom stereocenters. The van der Waals surface area contributed by atoms with Gasteiger partial charge in [-0.1, -0.05) is 35.9 Å². The predicted molar refractivity (Wildman–Crippen MR) is 103 cm³/mol. The Morgan fingerprint density at radius 3 is 2.50 bits per heavy atom. The Labute approximate surface area is 158 Å². The van der Waals surface area contributed by atoms with Crippen molar-refractivity contribution in [2.24, 2.45) is 5.92 Å². The van der Waals surface area contributed by atoms with Crippen LogP contribution in [0.3, 0.4) is 0 Å². The lowest BCUT2D eigenvalue weighted by Crippen LogP contribution is -2.36. The molecule has 1 saturated carbocycles. The first-order valence-corrected chi connectivity index (χ1v) is 9.14. The second-order valence-corrected chi connectivity index (χ2v) is 6.89. The van der Waals surface area contributed by atoms with Gasteiger partial charge < -0.3 is 16.0 Å². The Morgan fingerprint density at radius 2 is 1.77 bits per heavy atom. The van der Waals surface area contributed by atoms with Gasteiger partial charge in [-0.15, -0.1) is 0 Å². The number of carbonyl (C=O) groups is 2. The van der Waals surface area contributed by atoms with Crippen LogP contribution < -0.4 is 16.0 Å². The van der Waals surface area contributed by atoms with E-state index >= 15 is 0 Å². The normalized spacial score (nSPS) is 13.1. The highest BCUT2D eigenvalue weighted by Crippen LogP contribution is 2.30. The molecule has 2 aromatic rings. The molecule has 6 heteroatoms. The van der Waals surface area contributed by atoms with Crippen LogP contribution >= 0.6 is 11.6 Å². The Morgan fingerprint density at radius 1 is 1.00 bits per heavy atom. The van der Waals surface area contributed by atoms with Crippen molar-refractivity contribution in [3.05, 3.63) is 64.7 Å². The third kappa shape index (κ3) is 5.77. The van der Waals surface area contributed by atoms with E-state index in [1.54, 1.807) is 0 Å². The van der Waals surface area contributed by atoms with Crippen LogP contribution in [0.1, 0.15) is 24.0 Å². The largest absolute Gasteiger partial charge is 0.338 e. The third-order valence-electron chi connectivity index (χ3n) is 4.21. The predicted octanol–water partition coefficient (Wildman–Crippen LogP) is 3.73. The zero-order valence-corrected chi connectivity index (χ0v) is 15.2. The molecule has 0 heterocycles. The minimum absolute atomic E-state index is 0.0788. The maximum Gasteiger partial charge on any atom is 0.315 e. The molecule has 1 fully saturated rings. The summed E-state index contributed by atoms with van der Waals surface area (Å²) in [5, 5.41) is 9.27. The molecule has 0 aliphatic heterocycles. The van der Waals surface area contributed by atoms with Gasteiger partial charge in [0.25, 0.3) is 0 Å². The van der Waals surface area contributed by atoms with Gasteiger partial charge in [-0.2, -0.15) is 0 Å². The highest BCUT2D eigenvalue weighted by atomic mass is 35.5. The number of rotatable bonds is 7. The monoisotopic (exact) mass is 371 g/mol. The number of nitrogens with one attached hydrogen (secondary N) is 3. The second-order valence-electron chi connectivity index (χ2n) is 6.45. The molecule has 1 aliphatic rings. The number of halogens is 1. The van der Waals surface area contributed by atoms with E-state index < -0.39 is 0 Å². The highest BCUT2D eigenvalue weighted by molar-refractivity contribution is 6.30. The smallest absolute Gasteiger partial charge is 0.315 e. The van der Waals surface area contributed by atoms with Crippen molar-refractivity contribution in [3.8, 4) is 0 Å². The van der Waals surface area contributed by atoms with Gasteiger partial charge in [0.15, 0.2) is 0 Å². The fraction of sp³-hybridized carbons (Fsp3) is 0.300. The first-order valence-electron chi connectivity index (χ1n) is 8.76. The molecule has 3 N–H and O–H groups in total. The second kappa shape index (κ2) is 8.72. The van der Waals surface area contributed by atoms with Crippen molar-refractivity contribution in [2.45, 2.75) is 25.8 Å². The van der Waals surface area contributed by atoms with Gasteiger partial charge in [-0.25, -0.2) is 4.79 Å². The number of carbonyl (C=O) groups excluding carboxylic acids is 2. The number of hydrogen-bond donors (Lipinski definition) is 3. The van der Waals surface area contributed by atoms with E-state index in [2.05, 4.69) is 16.0 Å². The molecule has 0 spiro atoms. The van der Waals surface area contributed by atoms with Gasteiger partial charge in [0, 0.05) is 29.7 Å². The lowest BCUT2D eigenvalue weighted by Gasteiger charge is -2.10. The Kier molecular flexibility index (Phi) is 6.12. The molecule has 0 radical (unpaired) electrons. The lowest BCUT2D eigenvalue weighted by molar-refractivity contribution is -0.117. The average Bonchev–Trinajstić information content (AvgIpc) is 3.47. The summed E-state index contributed by atoms with van der Waals surface area (Å²) >= 11 is 5.85. The first kappa shape index (κ1) is 18.3. The Balaban J connectivity index is 1.39. The maximum absolute atomic E-state index is 11.9. The van der Waals surface area contributed by atoms with Crippen LogP contribution in [-0.4, -0.2) is 18.5 Å². The topological polar surface area (TPSA) is 70.2 Å². The maximum atomic E-state index is 11.9. The van der Waals surface area contributed by atoms with Crippen LogP contribution in [-0.2, 0) is 17.8 Å². The molecule has 3 rings (SSSR count). The molecule has 0 saturated heterocycles. The van der Waals surface area contributed by atoms with E-state index in [4.69, 9.17) is 11.6 Å². The Hall–Kier alpha value is -2.53. The molecule has 0 bridgehead atoms. The van der Waals surface area contributed by atoms with E-state index in [0.717, 1.165) is 36.1 Å². The molecular weight excluding hydrogens is 350 g/mol. The summed E-state index contributed by atoms with van der Waals surface area (Å²) in [7, 11) is 0. The minimum atomic E-state index is -0.216. The van der Waals surface area contributed by atoms with Gasteiger partial charge in [0.1, 0.15) is 0 Å². The van der Waals surface area contributed by atoms with E-state index in [1.807, 2.05) is 48.5 Å². The van der Waals surface area contributed by atoms with Crippen molar-refractivity contribution in [3.63, 3.8) is 0 Å². The summed E-state index contributed by atoms with van der Waals surface area (Å²) in [6.45, 7) is 0.949. The van der Waals surface area contributed by atoms with Crippen LogP contribution in [0.2, 0.25) is 5.02 Å². The summed E-state index contributed by atoms with van der Waals surface area (Å²) in [5.41, 5.74) is 2.82. The number of benzene rings is 2. The quantitative estimate of drug-likeness (QED) is 0.694. The van der Waals surface area contributed by atoms with Crippen LogP contribution in [0.4, 0.5) is 10.5 Å². The summed E-state index contributed by atoms with van der Waals surface area (Å²) in [6.07, 6.45) is 2.69. The van der Waals surface area contributed by atoms with Crippen LogP contribution in [0, 0.1) is 5.92 Å². The number of hydrogen-bond acceptors (Lipinski definition) is 2. The van der Waals surface area contributed by atoms with Gasteiger partial charge in [0.2, 0.25) is 5.91 Å². The summed E-state index contributed by atoms with van der Waals surface area (Å²) in [5.74, 6) is 0.248. The molecule has 0 unspecified atom stereocenters. The van der Waals surface area contributed by atoms with Crippen LogP contribution in [0.5, 0.6) is 0 Å². The Bertz CT molecular complexity index is 773. The van der Waals surface area contributed by atoms with Crippen LogP contribution in [0.25, 0.3) is 0 Å². The summed E-state index contributed by atoms with van der Waals surface area (Å²) in [6, 6.07) is 14.9. The molecule has 5 nitrogen and oxygen atoms in total. The van der Waals surface area contributed by atoms with Crippen molar-refractivity contribution in [1.29, 1.82) is 0 Å². The van der Waals surface area contributed by atoms with Crippen molar-refractivity contribution in [2.75, 3.05) is 11.9 Å². The van der Waals surface area contributed by atoms with Crippen molar-refractivity contribution < 1.29 is 9.59 Å². The zero-order chi connectivity index (χ0) is 18.4. The molecule has 0 aromatic heterocycles. The standard InChI is InChI=1S/C20H22ClN3O2/c21-17-8-4-14(5-9-17)10-11-22-20(26)23-13-15-2-1-3-18(12-15)24-19(25)16-6-7-16/h1-5,8-9,12,16H,6-7,10-11,13H2,(H,24,25)(H2,22,23,26). The lowest BCUT2D eigenvalue weighted by atomic mass is 10.1. The van der Waals surface area contributed by atoms with Crippen molar-refractivity contribution in [1.82, 2.24) is 10.6 Å². The van der Waals surface area contributed by atoms with E-state index in [0.29, 0.717) is 18.1 Å². The fourth-order valence-corrected chi connectivity index (χ4v) is 2.69. The van der Waals surface area contributed by atoms with Gasteiger partial charge in [0.05, 0.1) is 0 Å². The third-order valence-corrected chi connectivity index (χ3v) is 4.46. The van der Waals surface area contributed by atoms with E-state index in [1.165, 1.54) is 0 Å². The fourth-order valence-electron chi connectivity index (χ4n) is 2.57. The zero-order valence-electron chi connectivity index (χ0n) is 14.4. The highest BCUT2D eigenvalue weighted by Gasteiger charge is 2.29. The summed E-state index contributed by atoms with van der Waals surface area (Å²) < 4.78 is 0. The molecule has 26 heavy (non-hydrogen) atoms. The van der Waals surface area contributed by atoms with E-state index in [9.17, 15) is 9.59 Å². The average molecular weight is 372 g/mol. The van der Waals surface area contributed by atoms with Gasteiger partial charge in [-0.05, 0) is 54.7 Å². The molecule has 3 amide bonds. The van der Waals surface area contributed by atoms with Gasteiger partial charge in [-0.3, -0.25) is 4.79 Å². The first-order chi connectivity index (χ1) is 12.6. The SMILES string of the molecule is O=C(NCCc1ccc(Cl)cc1)NCc1cccc(NC(=O)C2CC2)c1. The number of urea groups is 1. The molecule has 136 valence electrons.